The molecular weight excluding hydrogens is 637 g/mol. The average Bonchev–Trinajstić information content (AvgIpc) is 2.91. The predicted octanol–water partition coefficient (Wildman–Crippen LogP) is 10.1. The third-order valence-electron chi connectivity index (χ3n) is 9.65. The summed E-state index contributed by atoms with van der Waals surface area (Å²) in [7, 11) is -0.0805. The van der Waals surface area contributed by atoms with Gasteiger partial charge in [-0.05, 0) is 148 Å². The SMILES string of the molecule is C=C(/C=C\C(OC)=C(C)C)C1CCC(CN(C(=O)C2CCC(O[Si](C)(C)C(C)(C)C)CC2)c2cccc(I)c2)CC1. The number of ether oxygens (including phenoxy) is 1. The Bertz CT molecular complexity index is 1100. The third kappa shape index (κ3) is 9.55. The Hall–Kier alpha value is -1.38. The lowest BCUT2D eigenvalue weighted by Crippen LogP contribution is -2.46. The molecule has 2 aliphatic carbocycles. The van der Waals surface area contributed by atoms with E-state index in [4.69, 9.17) is 9.16 Å². The summed E-state index contributed by atoms with van der Waals surface area (Å²) in [6.45, 7) is 20.9. The van der Waals surface area contributed by atoms with Crippen molar-refractivity contribution in [2.24, 2.45) is 17.8 Å². The molecular formula is C35H54INO3Si. The number of methoxy groups -OCH3 is 1. The molecule has 0 atom stereocenters. The minimum Gasteiger partial charge on any atom is -0.497 e. The van der Waals surface area contributed by atoms with Crippen molar-refractivity contribution in [2.75, 3.05) is 18.6 Å². The Balaban J connectivity index is 1.63. The number of anilines is 1. The monoisotopic (exact) mass is 691 g/mol. The number of carbonyl (C=O) groups excluding carboxylic acids is 1. The molecule has 0 bridgehead atoms. The van der Waals surface area contributed by atoms with Crippen molar-refractivity contribution in [3.63, 3.8) is 0 Å². The van der Waals surface area contributed by atoms with Crippen molar-refractivity contribution in [1.82, 2.24) is 0 Å². The Kier molecular flexibility index (Phi) is 12.4. The van der Waals surface area contributed by atoms with Crippen LogP contribution in [0.25, 0.3) is 0 Å². The first-order chi connectivity index (χ1) is 19.2. The molecule has 2 aliphatic rings. The van der Waals surface area contributed by atoms with Gasteiger partial charge in [0.1, 0.15) is 5.76 Å². The quantitative estimate of drug-likeness (QED) is 0.106. The highest BCUT2D eigenvalue weighted by molar-refractivity contribution is 14.1. The number of halogens is 1. The largest absolute Gasteiger partial charge is 0.497 e. The van der Waals surface area contributed by atoms with E-state index >= 15 is 0 Å². The molecule has 0 radical (unpaired) electrons. The van der Waals surface area contributed by atoms with Crippen molar-refractivity contribution in [2.45, 2.75) is 110 Å². The maximum atomic E-state index is 14.1. The molecule has 1 aromatic carbocycles. The number of hydrogen-bond acceptors (Lipinski definition) is 3. The van der Waals surface area contributed by atoms with Gasteiger partial charge in [-0.2, -0.15) is 0 Å². The van der Waals surface area contributed by atoms with Crippen molar-refractivity contribution in [3.05, 3.63) is 63.5 Å². The molecule has 1 aromatic rings. The van der Waals surface area contributed by atoms with Crippen LogP contribution in [0.1, 0.15) is 86.0 Å². The summed E-state index contributed by atoms with van der Waals surface area (Å²) in [5.41, 5.74) is 3.39. The number of hydrogen-bond donors (Lipinski definition) is 0. The van der Waals surface area contributed by atoms with Crippen LogP contribution in [0, 0.1) is 21.3 Å². The van der Waals surface area contributed by atoms with Gasteiger partial charge in [0.05, 0.1) is 7.11 Å². The molecule has 6 heteroatoms. The second-order valence-electron chi connectivity index (χ2n) is 14.0. The van der Waals surface area contributed by atoms with E-state index in [0.717, 1.165) is 74.9 Å². The van der Waals surface area contributed by atoms with Gasteiger partial charge in [-0.1, -0.05) is 45.1 Å². The normalized spacial score (nSPS) is 23.7. The summed E-state index contributed by atoms with van der Waals surface area (Å²) in [5, 5.41) is 0.209. The summed E-state index contributed by atoms with van der Waals surface area (Å²) in [5.74, 6) is 2.30. The zero-order chi connectivity index (χ0) is 30.4. The molecule has 0 aromatic heterocycles. The van der Waals surface area contributed by atoms with Gasteiger partial charge >= 0.3 is 0 Å². The first-order valence-corrected chi connectivity index (χ1v) is 19.5. The fourth-order valence-electron chi connectivity index (χ4n) is 5.94. The van der Waals surface area contributed by atoms with Crippen molar-refractivity contribution < 1.29 is 14.0 Å². The van der Waals surface area contributed by atoms with Gasteiger partial charge in [-0.25, -0.2) is 0 Å². The fraction of sp³-hybridized carbons (Fsp3) is 0.629. The zero-order valence-electron chi connectivity index (χ0n) is 26.9. The molecule has 41 heavy (non-hydrogen) atoms. The lowest BCUT2D eigenvalue weighted by molar-refractivity contribution is -0.124. The van der Waals surface area contributed by atoms with Gasteiger partial charge in [-0.15, -0.1) is 0 Å². The van der Waals surface area contributed by atoms with Gasteiger partial charge in [0.25, 0.3) is 0 Å². The van der Waals surface area contributed by atoms with Gasteiger partial charge in [-0.3, -0.25) is 4.79 Å². The molecule has 0 unspecified atom stereocenters. The van der Waals surface area contributed by atoms with Crippen molar-refractivity contribution in [3.8, 4) is 0 Å². The average molecular weight is 692 g/mol. The molecule has 0 heterocycles. The number of amides is 1. The van der Waals surface area contributed by atoms with E-state index in [9.17, 15) is 4.79 Å². The predicted molar refractivity (Wildman–Crippen MR) is 185 cm³/mol. The van der Waals surface area contributed by atoms with Gasteiger partial charge < -0.3 is 14.1 Å². The van der Waals surface area contributed by atoms with Gasteiger partial charge in [0.15, 0.2) is 8.32 Å². The summed E-state index contributed by atoms with van der Waals surface area (Å²) >= 11 is 2.36. The van der Waals surface area contributed by atoms with E-state index in [1.165, 1.54) is 9.14 Å². The molecule has 1 amide bonds. The zero-order valence-corrected chi connectivity index (χ0v) is 30.1. The second-order valence-corrected chi connectivity index (χ2v) is 20.0. The van der Waals surface area contributed by atoms with E-state index in [1.54, 1.807) is 7.11 Å². The van der Waals surface area contributed by atoms with Crippen LogP contribution in [0.2, 0.25) is 18.1 Å². The summed E-state index contributed by atoms with van der Waals surface area (Å²) < 4.78 is 13.4. The smallest absolute Gasteiger partial charge is 0.230 e. The molecule has 4 nitrogen and oxygen atoms in total. The topological polar surface area (TPSA) is 38.8 Å². The van der Waals surface area contributed by atoms with Crippen LogP contribution >= 0.6 is 22.6 Å². The maximum Gasteiger partial charge on any atom is 0.230 e. The Labute approximate surface area is 265 Å². The van der Waals surface area contributed by atoms with E-state index < -0.39 is 8.32 Å². The molecule has 2 saturated carbocycles. The molecule has 228 valence electrons. The van der Waals surface area contributed by atoms with Crippen LogP contribution in [0.3, 0.4) is 0 Å². The summed E-state index contributed by atoms with van der Waals surface area (Å²) in [6, 6.07) is 8.46. The third-order valence-corrected chi connectivity index (χ3v) is 14.9. The number of benzene rings is 1. The Morgan fingerprint density at radius 3 is 2.17 bits per heavy atom. The minimum absolute atomic E-state index is 0.0819. The minimum atomic E-state index is -1.80. The van der Waals surface area contributed by atoms with E-state index in [2.05, 4.69) is 112 Å². The van der Waals surface area contributed by atoms with Crippen LogP contribution < -0.4 is 4.90 Å². The number of carbonyl (C=O) groups is 1. The highest BCUT2D eigenvalue weighted by Gasteiger charge is 2.41. The van der Waals surface area contributed by atoms with Crippen molar-refractivity contribution in [1.29, 1.82) is 0 Å². The van der Waals surface area contributed by atoms with Crippen LogP contribution in [0.5, 0.6) is 0 Å². The molecule has 3 rings (SSSR count). The number of allylic oxidation sites excluding steroid dienone is 4. The Morgan fingerprint density at radius 2 is 1.63 bits per heavy atom. The van der Waals surface area contributed by atoms with Gasteiger partial charge in [0.2, 0.25) is 5.91 Å². The Morgan fingerprint density at radius 1 is 1.02 bits per heavy atom. The number of nitrogens with zero attached hydrogens (tertiary/aromatic N) is 1. The van der Waals surface area contributed by atoms with Crippen LogP contribution in [0.15, 0.2) is 59.9 Å². The van der Waals surface area contributed by atoms with E-state index in [1.807, 2.05) is 6.08 Å². The standard InChI is InChI=1S/C35H54INO3Si/c1-25(2)33(39-7)22-13-26(3)28-16-14-27(15-17-28)24-37(31-12-10-11-30(36)23-31)34(38)29-18-20-32(21-19-29)40-41(8,9)35(4,5)6/h10-13,22-23,27-29,32H,3,14-21,24H2,1-2,4-9H3/b22-13-. The first kappa shape index (κ1) is 34.1. The van der Waals surface area contributed by atoms with Crippen LogP contribution in [0.4, 0.5) is 5.69 Å². The van der Waals surface area contributed by atoms with E-state index in [-0.39, 0.29) is 11.0 Å². The van der Waals surface area contributed by atoms with Crippen LogP contribution in [-0.4, -0.2) is 34.0 Å². The summed E-state index contributed by atoms with van der Waals surface area (Å²) in [4.78, 5) is 16.2. The van der Waals surface area contributed by atoms with E-state index in [0.29, 0.717) is 23.8 Å². The lowest BCUT2D eigenvalue weighted by Gasteiger charge is -2.41. The highest BCUT2D eigenvalue weighted by atomic mass is 127. The maximum absolute atomic E-state index is 14.1. The second kappa shape index (κ2) is 14.9. The van der Waals surface area contributed by atoms with Gasteiger partial charge in [0, 0.05) is 27.8 Å². The van der Waals surface area contributed by atoms with Crippen LogP contribution in [-0.2, 0) is 14.0 Å². The highest BCUT2D eigenvalue weighted by Crippen LogP contribution is 2.40. The molecule has 2 fully saturated rings. The molecule has 0 N–H and O–H groups in total. The lowest BCUT2D eigenvalue weighted by atomic mass is 9.78. The van der Waals surface area contributed by atoms with Crippen molar-refractivity contribution >= 4 is 42.5 Å². The number of rotatable bonds is 10. The summed E-state index contributed by atoms with van der Waals surface area (Å²) in [6.07, 6.45) is 12.8. The molecule has 0 spiro atoms. The molecule has 0 saturated heterocycles. The fourth-order valence-corrected chi connectivity index (χ4v) is 7.89. The first-order valence-electron chi connectivity index (χ1n) is 15.5. The molecule has 0 aliphatic heterocycles.